The van der Waals surface area contributed by atoms with Crippen molar-refractivity contribution in [2.24, 2.45) is 5.73 Å². The fourth-order valence-corrected chi connectivity index (χ4v) is 2.46. The Kier molecular flexibility index (Phi) is 5.54. The molecule has 0 spiro atoms. The lowest BCUT2D eigenvalue weighted by atomic mass is 10.00. The zero-order valence-corrected chi connectivity index (χ0v) is 13.3. The molecule has 0 aliphatic heterocycles. The van der Waals surface area contributed by atoms with Gasteiger partial charge in [-0.2, -0.15) is 0 Å². The maximum absolute atomic E-state index is 5.71. The quantitative estimate of drug-likeness (QED) is 0.875. The van der Waals surface area contributed by atoms with Gasteiger partial charge in [0.2, 0.25) is 0 Å². The van der Waals surface area contributed by atoms with Crippen LogP contribution in [0.4, 0.5) is 0 Å². The molecule has 0 bridgehead atoms. The Morgan fingerprint density at radius 3 is 1.86 bits per heavy atom. The molecule has 2 aromatic carbocycles. The zero-order valence-electron chi connectivity index (χ0n) is 13.3. The first-order chi connectivity index (χ1) is 10.1. The summed E-state index contributed by atoms with van der Waals surface area (Å²) >= 11 is 0. The van der Waals surface area contributed by atoms with Gasteiger partial charge in [0.05, 0.1) is 0 Å². The van der Waals surface area contributed by atoms with Crippen LogP contribution in [0.3, 0.4) is 0 Å². The van der Waals surface area contributed by atoms with E-state index in [0.29, 0.717) is 12.5 Å². The van der Waals surface area contributed by atoms with Crippen LogP contribution < -0.4 is 5.73 Å². The SMILES string of the molecule is Cc1ccc(CN(C)Cc2ccc(C(C)CN)cc2)cc1. The Morgan fingerprint density at radius 2 is 1.38 bits per heavy atom. The summed E-state index contributed by atoms with van der Waals surface area (Å²) in [5, 5.41) is 0. The third kappa shape index (κ3) is 4.69. The fraction of sp³-hybridized carbons (Fsp3) is 0.368. The van der Waals surface area contributed by atoms with Gasteiger partial charge >= 0.3 is 0 Å². The average Bonchev–Trinajstić information content (AvgIpc) is 2.49. The molecule has 0 amide bonds. The van der Waals surface area contributed by atoms with E-state index in [1.807, 2.05) is 0 Å². The monoisotopic (exact) mass is 282 g/mol. The van der Waals surface area contributed by atoms with Gasteiger partial charge in [-0.1, -0.05) is 61.0 Å². The van der Waals surface area contributed by atoms with E-state index >= 15 is 0 Å². The number of nitrogens with two attached hydrogens (primary N) is 1. The molecule has 0 heterocycles. The second kappa shape index (κ2) is 7.39. The molecular formula is C19H26N2. The molecule has 2 rings (SSSR count). The Hall–Kier alpha value is -1.64. The fourth-order valence-electron chi connectivity index (χ4n) is 2.46. The maximum Gasteiger partial charge on any atom is 0.0234 e. The molecule has 0 aromatic heterocycles. The lowest BCUT2D eigenvalue weighted by molar-refractivity contribution is 0.319. The molecule has 0 radical (unpaired) electrons. The van der Waals surface area contributed by atoms with Crippen molar-refractivity contribution in [1.29, 1.82) is 0 Å². The standard InChI is InChI=1S/C19H26N2/c1-15-4-6-17(7-5-15)13-21(3)14-18-8-10-19(11-9-18)16(2)12-20/h4-11,16H,12-14,20H2,1-3H3. The first-order valence-electron chi connectivity index (χ1n) is 7.61. The van der Waals surface area contributed by atoms with E-state index in [0.717, 1.165) is 13.1 Å². The van der Waals surface area contributed by atoms with Gasteiger partial charge in [-0.3, -0.25) is 4.90 Å². The van der Waals surface area contributed by atoms with Crippen LogP contribution >= 0.6 is 0 Å². The largest absolute Gasteiger partial charge is 0.330 e. The zero-order chi connectivity index (χ0) is 15.2. The highest BCUT2D eigenvalue weighted by Crippen LogP contribution is 2.16. The van der Waals surface area contributed by atoms with Crippen LogP contribution in [0.1, 0.15) is 35.1 Å². The number of hydrogen-bond donors (Lipinski definition) is 1. The van der Waals surface area contributed by atoms with Crippen LogP contribution in [0, 0.1) is 6.92 Å². The lowest BCUT2D eigenvalue weighted by Gasteiger charge is -2.17. The van der Waals surface area contributed by atoms with E-state index in [1.165, 1.54) is 22.3 Å². The van der Waals surface area contributed by atoms with Crippen LogP contribution in [-0.4, -0.2) is 18.5 Å². The Bertz CT molecular complexity index is 543. The first kappa shape index (κ1) is 15.7. The predicted molar refractivity (Wildman–Crippen MR) is 90.3 cm³/mol. The minimum Gasteiger partial charge on any atom is -0.330 e. The minimum absolute atomic E-state index is 0.435. The summed E-state index contributed by atoms with van der Waals surface area (Å²) in [6.07, 6.45) is 0. The van der Waals surface area contributed by atoms with Crippen molar-refractivity contribution in [2.45, 2.75) is 32.9 Å². The van der Waals surface area contributed by atoms with Crippen LogP contribution in [-0.2, 0) is 13.1 Å². The molecule has 2 nitrogen and oxygen atoms in total. The molecule has 2 aromatic rings. The van der Waals surface area contributed by atoms with Gasteiger partial charge in [-0.05, 0) is 43.1 Å². The van der Waals surface area contributed by atoms with E-state index in [4.69, 9.17) is 5.73 Å². The average molecular weight is 282 g/mol. The highest BCUT2D eigenvalue weighted by molar-refractivity contribution is 5.25. The summed E-state index contributed by atoms with van der Waals surface area (Å²) in [6, 6.07) is 17.6. The summed E-state index contributed by atoms with van der Waals surface area (Å²) < 4.78 is 0. The Labute approximate surface area is 128 Å². The van der Waals surface area contributed by atoms with Crippen LogP contribution in [0.25, 0.3) is 0 Å². The van der Waals surface area contributed by atoms with E-state index < -0.39 is 0 Å². The van der Waals surface area contributed by atoms with Crippen molar-refractivity contribution in [3.63, 3.8) is 0 Å². The van der Waals surface area contributed by atoms with E-state index in [2.05, 4.69) is 74.3 Å². The van der Waals surface area contributed by atoms with Crippen LogP contribution in [0.5, 0.6) is 0 Å². The van der Waals surface area contributed by atoms with Crippen LogP contribution in [0.15, 0.2) is 48.5 Å². The molecule has 0 aliphatic carbocycles. The van der Waals surface area contributed by atoms with Gasteiger partial charge in [-0.25, -0.2) is 0 Å². The van der Waals surface area contributed by atoms with Gasteiger partial charge in [0.25, 0.3) is 0 Å². The van der Waals surface area contributed by atoms with E-state index in [-0.39, 0.29) is 0 Å². The predicted octanol–water partition coefficient (Wildman–Crippen LogP) is 3.69. The van der Waals surface area contributed by atoms with Gasteiger partial charge in [0.15, 0.2) is 0 Å². The van der Waals surface area contributed by atoms with Crippen molar-refractivity contribution in [3.8, 4) is 0 Å². The van der Waals surface area contributed by atoms with E-state index in [1.54, 1.807) is 0 Å². The van der Waals surface area contributed by atoms with Crippen LogP contribution in [0.2, 0.25) is 0 Å². The number of aryl methyl sites for hydroxylation is 1. The summed E-state index contributed by atoms with van der Waals surface area (Å²) in [4.78, 5) is 2.34. The third-order valence-electron chi connectivity index (χ3n) is 3.93. The van der Waals surface area contributed by atoms with Gasteiger partial charge in [0.1, 0.15) is 0 Å². The van der Waals surface area contributed by atoms with Crippen molar-refractivity contribution in [2.75, 3.05) is 13.6 Å². The Morgan fingerprint density at radius 1 is 0.905 bits per heavy atom. The van der Waals surface area contributed by atoms with Gasteiger partial charge < -0.3 is 5.73 Å². The molecule has 21 heavy (non-hydrogen) atoms. The number of hydrogen-bond acceptors (Lipinski definition) is 2. The maximum atomic E-state index is 5.71. The van der Waals surface area contributed by atoms with Gasteiger partial charge in [0, 0.05) is 13.1 Å². The molecule has 1 unspecified atom stereocenters. The molecule has 0 saturated carbocycles. The van der Waals surface area contributed by atoms with Crippen molar-refractivity contribution in [1.82, 2.24) is 4.90 Å². The first-order valence-corrected chi connectivity index (χ1v) is 7.61. The smallest absolute Gasteiger partial charge is 0.0234 e. The minimum atomic E-state index is 0.435. The second-order valence-electron chi connectivity index (χ2n) is 6.04. The van der Waals surface area contributed by atoms with Gasteiger partial charge in [-0.15, -0.1) is 0 Å². The van der Waals surface area contributed by atoms with Crippen molar-refractivity contribution in [3.05, 3.63) is 70.8 Å². The molecule has 2 N–H and O–H groups in total. The molecule has 0 fully saturated rings. The lowest BCUT2D eigenvalue weighted by Crippen LogP contribution is -2.17. The second-order valence-corrected chi connectivity index (χ2v) is 6.04. The third-order valence-corrected chi connectivity index (χ3v) is 3.93. The van der Waals surface area contributed by atoms with Crippen molar-refractivity contribution >= 4 is 0 Å². The highest BCUT2D eigenvalue weighted by Gasteiger charge is 2.05. The molecule has 0 aliphatic rings. The van der Waals surface area contributed by atoms with E-state index in [9.17, 15) is 0 Å². The topological polar surface area (TPSA) is 29.3 Å². The number of rotatable bonds is 6. The summed E-state index contributed by atoms with van der Waals surface area (Å²) in [5.74, 6) is 0.435. The molecule has 1 atom stereocenters. The summed E-state index contributed by atoms with van der Waals surface area (Å²) in [6.45, 7) is 6.93. The molecule has 2 heteroatoms. The molecular weight excluding hydrogens is 256 g/mol. The highest BCUT2D eigenvalue weighted by atomic mass is 15.1. The number of benzene rings is 2. The normalized spacial score (nSPS) is 12.6. The Balaban J connectivity index is 1.93. The number of nitrogens with zero attached hydrogens (tertiary/aromatic N) is 1. The summed E-state index contributed by atoms with van der Waals surface area (Å²) in [5.41, 5.74) is 11.0. The summed E-state index contributed by atoms with van der Waals surface area (Å²) in [7, 11) is 2.16. The molecule has 0 saturated heterocycles. The molecule has 112 valence electrons. The van der Waals surface area contributed by atoms with Crippen molar-refractivity contribution < 1.29 is 0 Å².